The summed E-state index contributed by atoms with van der Waals surface area (Å²) in [6.45, 7) is 0.618. The van der Waals surface area contributed by atoms with Crippen molar-refractivity contribution in [2.45, 2.75) is 12.5 Å². The molecule has 0 aliphatic carbocycles. The van der Waals surface area contributed by atoms with Crippen molar-refractivity contribution < 1.29 is 19.0 Å². The van der Waals surface area contributed by atoms with Crippen LogP contribution in [-0.4, -0.2) is 38.7 Å². The summed E-state index contributed by atoms with van der Waals surface area (Å²) >= 11 is 0. The largest absolute Gasteiger partial charge is 0.497 e. The molecule has 1 aliphatic heterocycles. The zero-order valence-corrected chi connectivity index (χ0v) is 17.4. The second-order valence-corrected chi connectivity index (χ2v) is 7.20. The number of hydrogen-bond donors (Lipinski definition) is 0. The standard InChI is InChI=1S/C25H25NO4/c1-28-20-11-9-18(10-12-20)25(27)26-14-13-19-15-22(29-2)23(30-3)16-21(19)24(26)17-7-5-4-6-8-17/h4-12,15-16,24H,13-14H2,1-3H3/t24-/m0/s1. The van der Waals surface area contributed by atoms with Crippen molar-refractivity contribution in [3.8, 4) is 17.2 Å². The molecule has 4 rings (SSSR count). The predicted octanol–water partition coefficient (Wildman–Crippen LogP) is 4.50. The minimum atomic E-state index is -0.204. The lowest BCUT2D eigenvalue weighted by Gasteiger charge is -2.38. The second-order valence-electron chi connectivity index (χ2n) is 7.20. The number of amides is 1. The van der Waals surface area contributed by atoms with Crippen molar-refractivity contribution in [1.29, 1.82) is 0 Å². The van der Waals surface area contributed by atoms with E-state index in [0.29, 0.717) is 23.6 Å². The van der Waals surface area contributed by atoms with E-state index < -0.39 is 0 Å². The maximum atomic E-state index is 13.5. The third-order valence-electron chi connectivity index (χ3n) is 5.59. The van der Waals surface area contributed by atoms with Crippen LogP contribution in [0.25, 0.3) is 0 Å². The summed E-state index contributed by atoms with van der Waals surface area (Å²) in [6, 6.07) is 21.2. The smallest absolute Gasteiger partial charge is 0.254 e. The number of benzene rings is 3. The molecule has 0 aromatic heterocycles. The van der Waals surface area contributed by atoms with E-state index >= 15 is 0 Å². The lowest BCUT2D eigenvalue weighted by Crippen LogP contribution is -2.40. The van der Waals surface area contributed by atoms with Crippen molar-refractivity contribution >= 4 is 5.91 Å². The van der Waals surface area contributed by atoms with E-state index in [2.05, 4.69) is 12.1 Å². The molecule has 0 N–H and O–H groups in total. The van der Waals surface area contributed by atoms with Crippen molar-refractivity contribution in [2.75, 3.05) is 27.9 Å². The molecular weight excluding hydrogens is 378 g/mol. The van der Waals surface area contributed by atoms with Crippen LogP contribution in [-0.2, 0) is 6.42 Å². The minimum Gasteiger partial charge on any atom is -0.497 e. The Kier molecular flexibility index (Phi) is 5.61. The average molecular weight is 403 g/mol. The lowest BCUT2D eigenvalue weighted by molar-refractivity contribution is 0.0694. The Hall–Kier alpha value is -3.47. The fourth-order valence-corrected chi connectivity index (χ4v) is 4.06. The molecule has 1 atom stereocenters. The van der Waals surface area contributed by atoms with Crippen LogP contribution in [0.5, 0.6) is 17.2 Å². The Labute approximate surface area is 176 Å². The van der Waals surface area contributed by atoms with Crippen molar-refractivity contribution in [3.63, 3.8) is 0 Å². The Morgan fingerprint density at radius 1 is 0.867 bits per heavy atom. The zero-order chi connectivity index (χ0) is 21.1. The molecule has 1 aliphatic rings. The van der Waals surface area contributed by atoms with E-state index in [-0.39, 0.29) is 11.9 Å². The van der Waals surface area contributed by atoms with Gasteiger partial charge in [-0.15, -0.1) is 0 Å². The van der Waals surface area contributed by atoms with Gasteiger partial charge in [0.05, 0.1) is 27.4 Å². The first-order valence-electron chi connectivity index (χ1n) is 9.91. The molecule has 0 saturated carbocycles. The quantitative estimate of drug-likeness (QED) is 0.629. The maximum Gasteiger partial charge on any atom is 0.254 e. The van der Waals surface area contributed by atoms with Gasteiger partial charge in [0, 0.05) is 12.1 Å². The third-order valence-corrected chi connectivity index (χ3v) is 5.59. The summed E-state index contributed by atoms with van der Waals surface area (Å²) in [7, 11) is 4.89. The van der Waals surface area contributed by atoms with E-state index in [1.54, 1.807) is 21.3 Å². The predicted molar refractivity (Wildman–Crippen MR) is 116 cm³/mol. The van der Waals surface area contributed by atoms with Crippen LogP contribution in [0.4, 0.5) is 0 Å². The van der Waals surface area contributed by atoms with E-state index in [9.17, 15) is 4.79 Å². The van der Waals surface area contributed by atoms with Gasteiger partial charge in [-0.05, 0) is 59.5 Å². The van der Waals surface area contributed by atoms with Gasteiger partial charge in [0.15, 0.2) is 11.5 Å². The van der Waals surface area contributed by atoms with Gasteiger partial charge < -0.3 is 19.1 Å². The first-order valence-corrected chi connectivity index (χ1v) is 9.91. The van der Waals surface area contributed by atoms with Crippen LogP contribution < -0.4 is 14.2 Å². The van der Waals surface area contributed by atoms with Gasteiger partial charge >= 0.3 is 0 Å². The molecule has 30 heavy (non-hydrogen) atoms. The molecule has 5 nitrogen and oxygen atoms in total. The van der Waals surface area contributed by atoms with Crippen LogP contribution in [0.1, 0.15) is 33.1 Å². The van der Waals surface area contributed by atoms with Crippen molar-refractivity contribution in [2.24, 2.45) is 0 Å². The Morgan fingerprint density at radius 3 is 2.17 bits per heavy atom. The average Bonchev–Trinajstić information content (AvgIpc) is 2.82. The molecular formula is C25H25NO4. The Morgan fingerprint density at radius 2 is 1.53 bits per heavy atom. The van der Waals surface area contributed by atoms with Crippen LogP contribution >= 0.6 is 0 Å². The molecule has 1 heterocycles. The summed E-state index contributed by atoms with van der Waals surface area (Å²) in [5.41, 5.74) is 3.93. The number of carbonyl (C=O) groups is 1. The molecule has 0 unspecified atom stereocenters. The van der Waals surface area contributed by atoms with Gasteiger partial charge in [-0.25, -0.2) is 0 Å². The highest BCUT2D eigenvalue weighted by Crippen LogP contribution is 2.41. The molecule has 0 radical (unpaired) electrons. The number of fused-ring (bicyclic) bond motifs is 1. The summed E-state index contributed by atoms with van der Waals surface area (Å²) in [6.07, 6.45) is 0.751. The van der Waals surface area contributed by atoms with E-state index in [0.717, 1.165) is 23.3 Å². The van der Waals surface area contributed by atoms with Crippen LogP contribution in [0.15, 0.2) is 66.7 Å². The van der Waals surface area contributed by atoms with Gasteiger partial charge in [0.25, 0.3) is 5.91 Å². The van der Waals surface area contributed by atoms with Gasteiger partial charge in [0.2, 0.25) is 0 Å². The van der Waals surface area contributed by atoms with Gasteiger partial charge in [-0.1, -0.05) is 30.3 Å². The normalized spacial score (nSPS) is 15.3. The Balaban J connectivity index is 1.80. The highest BCUT2D eigenvalue weighted by Gasteiger charge is 2.33. The molecule has 0 saturated heterocycles. The summed E-state index contributed by atoms with van der Waals surface area (Å²) < 4.78 is 16.3. The molecule has 0 spiro atoms. The van der Waals surface area contributed by atoms with E-state index in [4.69, 9.17) is 14.2 Å². The molecule has 3 aromatic rings. The third kappa shape index (κ3) is 3.59. The molecule has 0 bridgehead atoms. The van der Waals surface area contributed by atoms with Gasteiger partial charge in [-0.2, -0.15) is 0 Å². The molecule has 1 amide bonds. The number of methoxy groups -OCH3 is 3. The minimum absolute atomic E-state index is 0.00746. The monoisotopic (exact) mass is 403 g/mol. The highest BCUT2D eigenvalue weighted by atomic mass is 16.5. The number of carbonyl (C=O) groups excluding carboxylic acids is 1. The summed E-state index contributed by atoms with van der Waals surface area (Å²) in [5, 5.41) is 0. The first kappa shape index (κ1) is 19.8. The molecule has 0 fully saturated rings. The Bertz CT molecular complexity index is 1030. The number of nitrogens with zero attached hydrogens (tertiary/aromatic N) is 1. The second kappa shape index (κ2) is 8.49. The van der Waals surface area contributed by atoms with Crippen LogP contribution in [0.3, 0.4) is 0 Å². The fourth-order valence-electron chi connectivity index (χ4n) is 4.06. The number of rotatable bonds is 5. The molecule has 154 valence electrons. The van der Waals surface area contributed by atoms with Gasteiger partial charge in [0.1, 0.15) is 5.75 Å². The summed E-state index contributed by atoms with van der Waals surface area (Å²) in [4.78, 5) is 15.4. The fraction of sp³-hybridized carbons (Fsp3) is 0.240. The van der Waals surface area contributed by atoms with Crippen molar-refractivity contribution in [1.82, 2.24) is 4.90 Å². The number of hydrogen-bond acceptors (Lipinski definition) is 4. The van der Waals surface area contributed by atoms with Gasteiger partial charge in [-0.3, -0.25) is 4.79 Å². The van der Waals surface area contributed by atoms with E-state index in [1.807, 2.05) is 59.5 Å². The summed E-state index contributed by atoms with van der Waals surface area (Å²) in [5.74, 6) is 2.09. The molecule has 3 aromatic carbocycles. The lowest BCUT2D eigenvalue weighted by atomic mass is 9.87. The SMILES string of the molecule is COc1ccc(C(=O)N2CCc3cc(OC)c(OC)cc3[C@@H]2c2ccccc2)cc1. The molecule has 5 heteroatoms. The maximum absolute atomic E-state index is 13.5. The zero-order valence-electron chi connectivity index (χ0n) is 17.4. The van der Waals surface area contributed by atoms with Crippen molar-refractivity contribution in [3.05, 3.63) is 89.0 Å². The first-order chi connectivity index (χ1) is 14.7. The highest BCUT2D eigenvalue weighted by molar-refractivity contribution is 5.95. The van der Waals surface area contributed by atoms with Crippen LogP contribution in [0, 0.1) is 0 Å². The number of ether oxygens (including phenoxy) is 3. The van der Waals surface area contributed by atoms with E-state index in [1.165, 1.54) is 5.56 Å². The van der Waals surface area contributed by atoms with Crippen LogP contribution in [0.2, 0.25) is 0 Å². The topological polar surface area (TPSA) is 48.0 Å².